The lowest BCUT2D eigenvalue weighted by molar-refractivity contribution is -0.136. The van der Waals surface area contributed by atoms with Crippen LogP contribution in [0.1, 0.15) is 25.0 Å². The first-order chi connectivity index (χ1) is 17.7. The molecule has 3 aromatic carbocycles. The summed E-state index contributed by atoms with van der Waals surface area (Å²) in [7, 11) is 1.50. The molecule has 0 atom stereocenters. The Bertz CT molecular complexity index is 1340. The predicted octanol–water partition coefficient (Wildman–Crippen LogP) is 5.02. The van der Waals surface area contributed by atoms with E-state index in [1.807, 2.05) is 0 Å². The molecule has 0 radical (unpaired) electrons. The third kappa shape index (κ3) is 7.96. The van der Waals surface area contributed by atoms with E-state index in [0.29, 0.717) is 44.2 Å². The van der Waals surface area contributed by atoms with Gasteiger partial charge in [0.05, 0.1) is 12.8 Å². The number of methoxy groups -OCH3 is 1. The molecule has 0 spiro atoms. The normalized spacial score (nSPS) is 10.9. The Balaban J connectivity index is 1.60. The van der Waals surface area contributed by atoms with Crippen molar-refractivity contribution in [1.82, 2.24) is 5.43 Å². The highest BCUT2D eigenvalue weighted by Gasteiger charge is 2.14. The monoisotopic (exact) mass is 542 g/mol. The van der Waals surface area contributed by atoms with Crippen LogP contribution in [0, 0.1) is 0 Å². The number of nitrogens with zero attached hydrogens (tertiary/aromatic N) is 1. The van der Waals surface area contributed by atoms with Gasteiger partial charge in [-0.1, -0.05) is 29.3 Å². The lowest BCUT2D eigenvalue weighted by Gasteiger charge is -2.13. The van der Waals surface area contributed by atoms with E-state index in [0.717, 1.165) is 5.56 Å². The predicted molar refractivity (Wildman–Crippen MR) is 144 cm³/mol. The van der Waals surface area contributed by atoms with Gasteiger partial charge in [-0.2, -0.15) is 5.10 Å². The third-order valence-electron chi connectivity index (χ3n) is 4.97. The number of anilines is 2. The summed E-state index contributed by atoms with van der Waals surface area (Å²) in [6.07, 6.45) is 0. The number of hydrogen-bond donors (Lipinski definition) is 3. The minimum absolute atomic E-state index is 0.208. The Labute approximate surface area is 223 Å². The molecule has 0 aliphatic heterocycles. The molecular formula is C26H24Cl2N4O5. The van der Waals surface area contributed by atoms with Gasteiger partial charge in [0.15, 0.2) is 11.5 Å². The standard InChI is InChI=1S/C26H24Cl2N4O5/c1-15(31-32-26(35)25(34)30-21-9-7-20(8-10-21)29-16(2)33)17-5-11-23(24(12-17)36-3)37-14-18-4-6-19(27)13-22(18)28/h4-13H,14H2,1-3H3,(H,29,33)(H,30,34)(H,32,35). The molecule has 0 bridgehead atoms. The number of carbonyl (C=O) groups excluding carboxylic acids is 3. The van der Waals surface area contributed by atoms with Crippen molar-refractivity contribution in [2.24, 2.45) is 5.10 Å². The molecule has 9 nitrogen and oxygen atoms in total. The van der Waals surface area contributed by atoms with Gasteiger partial charge in [0.25, 0.3) is 0 Å². The highest BCUT2D eigenvalue weighted by Crippen LogP contribution is 2.30. The fourth-order valence-corrected chi connectivity index (χ4v) is 3.55. The zero-order valence-corrected chi connectivity index (χ0v) is 21.7. The number of rotatable bonds is 8. The summed E-state index contributed by atoms with van der Waals surface area (Å²) in [4.78, 5) is 35.5. The van der Waals surface area contributed by atoms with Gasteiger partial charge in [0.2, 0.25) is 5.91 Å². The summed E-state index contributed by atoms with van der Waals surface area (Å²) in [5.41, 5.74) is 5.02. The Kier molecular flexibility index (Phi) is 9.48. The summed E-state index contributed by atoms with van der Waals surface area (Å²) in [5.74, 6) is -1.13. The van der Waals surface area contributed by atoms with Crippen LogP contribution < -0.4 is 25.5 Å². The van der Waals surface area contributed by atoms with Crippen LogP contribution in [0.5, 0.6) is 11.5 Å². The minimum atomic E-state index is -0.947. The van der Waals surface area contributed by atoms with Crippen molar-refractivity contribution < 1.29 is 23.9 Å². The van der Waals surface area contributed by atoms with Crippen LogP contribution in [0.4, 0.5) is 11.4 Å². The number of carbonyl (C=O) groups is 3. The SMILES string of the molecule is COc1cc(C(C)=NNC(=O)C(=O)Nc2ccc(NC(C)=O)cc2)ccc1OCc1ccc(Cl)cc1Cl. The molecule has 3 aromatic rings. The van der Waals surface area contributed by atoms with Gasteiger partial charge in [-0.05, 0) is 61.5 Å². The first-order valence-corrected chi connectivity index (χ1v) is 11.7. The van der Waals surface area contributed by atoms with E-state index in [2.05, 4.69) is 21.2 Å². The molecule has 0 unspecified atom stereocenters. The van der Waals surface area contributed by atoms with Crippen LogP contribution in [-0.4, -0.2) is 30.5 Å². The Morgan fingerprint density at radius 1 is 0.838 bits per heavy atom. The average Bonchev–Trinajstić information content (AvgIpc) is 2.87. The molecule has 0 aliphatic carbocycles. The second-order valence-electron chi connectivity index (χ2n) is 7.74. The smallest absolute Gasteiger partial charge is 0.329 e. The molecule has 11 heteroatoms. The number of nitrogens with one attached hydrogen (secondary N) is 3. The molecule has 0 heterocycles. The fraction of sp³-hybridized carbons (Fsp3) is 0.154. The highest BCUT2D eigenvalue weighted by atomic mass is 35.5. The largest absolute Gasteiger partial charge is 0.493 e. The molecule has 0 fully saturated rings. The summed E-state index contributed by atoms with van der Waals surface area (Å²) in [6.45, 7) is 3.27. The number of halogens is 2. The fourth-order valence-electron chi connectivity index (χ4n) is 3.08. The number of hydrazone groups is 1. The minimum Gasteiger partial charge on any atom is -0.493 e. The number of hydrogen-bond acceptors (Lipinski definition) is 6. The van der Waals surface area contributed by atoms with Crippen LogP contribution >= 0.6 is 23.2 Å². The van der Waals surface area contributed by atoms with Crippen LogP contribution in [0.15, 0.2) is 65.8 Å². The van der Waals surface area contributed by atoms with Crippen molar-refractivity contribution >= 4 is 58.0 Å². The van der Waals surface area contributed by atoms with Gasteiger partial charge in [-0.15, -0.1) is 0 Å². The van der Waals surface area contributed by atoms with E-state index in [9.17, 15) is 14.4 Å². The van der Waals surface area contributed by atoms with Crippen molar-refractivity contribution in [3.63, 3.8) is 0 Å². The topological polar surface area (TPSA) is 118 Å². The van der Waals surface area contributed by atoms with Crippen molar-refractivity contribution in [3.05, 3.63) is 81.8 Å². The van der Waals surface area contributed by atoms with E-state index in [1.165, 1.54) is 14.0 Å². The van der Waals surface area contributed by atoms with E-state index < -0.39 is 11.8 Å². The molecule has 0 saturated heterocycles. The van der Waals surface area contributed by atoms with Gasteiger partial charge in [0, 0.05) is 39.5 Å². The molecule has 0 aromatic heterocycles. The lowest BCUT2D eigenvalue weighted by atomic mass is 10.1. The molecule has 37 heavy (non-hydrogen) atoms. The summed E-state index contributed by atoms with van der Waals surface area (Å²) in [5, 5.41) is 10.1. The van der Waals surface area contributed by atoms with Crippen molar-refractivity contribution in [2.75, 3.05) is 17.7 Å². The Hall–Kier alpha value is -4.08. The number of amides is 3. The van der Waals surface area contributed by atoms with Crippen LogP contribution in [0.25, 0.3) is 0 Å². The molecule has 192 valence electrons. The third-order valence-corrected chi connectivity index (χ3v) is 5.56. The molecule has 3 amide bonds. The summed E-state index contributed by atoms with van der Waals surface area (Å²) < 4.78 is 11.3. The molecule has 3 N–H and O–H groups in total. The van der Waals surface area contributed by atoms with E-state index in [-0.39, 0.29) is 12.5 Å². The first kappa shape index (κ1) is 27.5. The van der Waals surface area contributed by atoms with Gasteiger partial charge >= 0.3 is 11.8 Å². The number of benzene rings is 3. The zero-order chi connectivity index (χ0) is 26.9. The Morgan fingerprint density at radius 3 is 2.14 bits per heavy atom. The Morgan fingerprint density at radius 2 is 1.51 bits per heavy atom. The maximum absolute atomic E-state index is 12.2. The summed E-state index contributed by atoms with van der Waals surface area (Å²) in [6, 6.07) is 16.6. The second-order valence-corrected chi connectivity index (χ2v) is 8.58. The van der Waals surface area contributed by atoms with Gasteiger partial charge in [-0.3, -0.25) is 14.4 Å². The first-order valence-electron chi connectivity index (χ1n) is 10.9. The van der Waals surface area contributed by atoms with Gasteiger partial charge in [0.1, 0.15) is 6.61 Å². The molecule has 3 rings (SSSR count). The van der Waals surface area contributed by atoms with Crippen LogP contribution in [-0.2, 0) is 21.0 Å². The zero-order valence-electron chi connectivity index (χ0n) is 20.2. The highest BCUT2D eigenvalue weighted by molar-refractivity contribution is 6.39. The van der Waals surface area contributed by atoms with Gasteiger partial charge < -0.3 is 20.1 Å². The molecular weight excluding hydrogens is 519 g/mol. The van der Waals surface area contributed by atoms with Crippen LogP contribution in [0.3, 0.4) is 0 Å². The summed E-state index contributed by atoms with van der Waals surface area (Å²) >= 11 is 12.1. The quantitative estimate of drug-likeness (QED) is 0.210. The van der Waals surface area contributed by atoms with E-state index >= 15 is 0 Å². The molecule has 0 saturated carbocycles. The maximum atomic E-state index is 12.2. The second kappa shape index (κ2) is 12.8. The van der Waals surface area contributed by atoms with E-state index in [1.54, 1.807) is 67.6 Å². The van der Waals surface area contributed by atoms with Crippen molar-refractivity contribution in [3.8, 4) is 11.5 Å². The van der Waals surface area contributed by atoms with Crippen molar-refractivity contribution in [1.29, 1.82) is 0 Å². The average molecular weight is 543 g/mol. The molecule has 0 aliphatic rings. The number of ether oxygens (including phenoxy) is 2. The lowest BCUT2D eigenvalue weighted by Crippen LogP contribution is -2.32. The van der Waals surface area contributed by atoms with Crippen LogP contribution in [0.2, 0.25) is 10.0 Å². The van der Waals surface area contributed by atoms with Gasteiger partial charge in [-0.25, -0.2) is 5.43 Å². The maximum Gasteiger partial charge on any atom is 0.329 e. The van der Waals surface area contributed by atoms with Crippen molar-refractivity contribution in [2.45, 2.75) is 20.5 Å². The van der Waals surface area contributed by atoms with E-state index in [4.69, 9.17) is 32.7 Å².